The molecule has 0 fully saturated rings. The average molecular weight is 180 g/mol. The molecule has 2 rings (SSSR count). The van der Waals surface area contributed by atoms with Gasteiger partial charge in [0.25, 0.3) is 0 Å². The van der Waals surface area contributed by atoms with Gasteiger partial charge in [-0.3, -0.25) is 0 Å². The molecular weight excluding hydrogens is 172 g/mol. The molecule has 0 radical (unpaired) electrons. The Morgan fingerprint density at radius 3 is 2.83 bits per heavy atom. The number of fused-ring (bicyclic) bond motifs is 1. The molecule has 0 aliphatic carbocycles. The maximum atomic E-state index is 4.19. The maximum Gasteiger partial charge on any atom is 0.159 e. The summed E-state index contributed by atoms with van der Waals surface area (Å²) >= 11 is 1.53. The van der Waals surface area contributed by atoms with Gasteiger partial charge in [0.2, 0.25) is 0 Å². The zero-order chi connectivity index (χ0) is 8.55. The largest absolute Gasteiger partial charge is 0.361 e. The van der Waals surface area contributed by atoms with E-state index in [1.807, 2.05) is 19.0 Å². The minimum absolute atomic E-state index is 0.876. The molecular formula is C7H8N4S. The molecule has 0 bridgehead atoms. The van der Waals surface area contributed by atoms with E-state index >= 15 is 0 Å². The fourth-order valence-electron chi connectivity index (χ4n) is 1.01. The summed E-state index contributed by atoms with van der Waals surface area (Å²) in [6.45, 7) is 0. The Labute approximate surface area is 73.9 Å². The van der Waals surface area contributed by atoms with Crippen LogP contribution in [0.25, 0.3) is 10.3 Å². The van der Waals surface area contributed by atoms with Crippen LogP contribution in [0, 0.1) is 0 Å². The zero-order valence-electron chi connectivity index (χ0n) is 6.85. The molecule has 2 heterocycles. The fourth-order valence-corrected chi connectivity index (χ4v) is 1.63. The quantitative estimate of drug-likeness (QED) is 0.660. The van der Waals surface area contributed by atoms with Crippen molar-refractivity contribution in [2.45, 2.75) is 0 Å². The highest BCUT2D eigenvalue weighted by Crippen LogP contribution is 2.21. The molecule has 0 spiro atoms. The van der Waals surface area contributed by atoms with Gasteiger partial charge in [-0.2, -0.15) is 0 Å². The number of thiazole rings is 1. The van der Waals surface area contributed by atoms with Crippen molar-refractivity contribution >= 4 is 27.5 Å². The molecule has 0 amide bonds. The third-order valence-corrected chi connectivity index (χ3v) is 2.27. The molecule has 12 heavy (non-hydrogen) atoms. The number of hydrogen-bond donors (Lipinski definition) is 0. The Balaban J connectivity index is 2.73. The molecule has 0 unspecified atom stereocenters. The van der Waals surface area contributed by atoms with E-state index < -0.39 is 0 Å². The summed E-state index contributed by atoms with van der Waals surface area (Å²) in [4.78, 5) is 15.3. The highest BCUT2D eigenvalue weighted by Gasteiger charge is 2.06. The minimum atomic E-state index is 0.876. The van der Waals surface area contributed by atoms with Gasteiger partial charge in [0.15, 0.2) is 5.82 Å². The Morgan fingerprint density at radius 1 is 1.25 bits per heavy atom. The third-order valence-electron chi connectivity index (χ3n) is 1.54. The van der Waals surface area contributed by atoms with Crippen molar-refractivity contribution in [2.24, 2.45) is 0 Å². The number of hydrogen-bond acceptors (Lipinski definition) is 5. The molecule has 5 heteroatoms. The molecule has 62 valence electrons. The molecule has 0 saturated carbocycles. The van der Waals surface area contributed by atoms with E-state index in [0.29, 0.717) is 0 Å². The van der Waals surface area contributed by atoms with Crippen molar-refractivity contribution in [1.82, 2.24) is 15.0 Å². The van der Waals surface area contributed by atoms with Gasteiger partial charge in [0.1, 0.15) is 16.7 Å². The van der Waals surface area contributed by atoms with Gasteiger partial charge in [-0.25, -0.2) is 15.0 Å². The summed E-state index contributed by atoms with van der Waals surface area (Å²) in [7, 11) is 3.89. The SMILES string of the molecule is CN(C)c1ncnc2scnc12. The smallest absolute Gasteiger partial charge is 0.159 e. The molecule has 4 nitrogen and oxygen atoms in total. The Bertz CT molecular complexity index is 395. The normalized spacial score (nSPS) is 10.5. The first-order chi connectivity index (χ1) is 5.79. The van der Waals surface area contributed by atoms with E-state index in [-0.39, 0.29) is 0 Å². The molecule has 0 N–H and O–H groups in total. The van der Waals surface area contributed by atoms with Gasteiger partial charge < -0.3 is 4.90 Å². The fraction of sp³-hybridized carbons (Fsp3) is 0.286. The Morgan fingerprint density at radius 2 is 2.08 bits per heavy atom. The first kappa shape index (κ1) is 7.42. The van der Waals surface area contributed by atoms with Crippen molar-refractivity contribution in [3.63, 3.8) is 0 Å². The van der Waals surface area contributed by atoms with E-state index in [9.17, 15) is 0 Å². The Hall–Kier alpha value is -1.23. The van der Waals surface area contributed by atoms with Gasteiger partial charge in [0.05, 0.1) is 5.51 Å². The lowest BCUT2D eigenvalue weighted by molar-refractivity contribution is 1.06. The van der Waals surface area contributed by atoms with Crippen molar-refractivity contribution < 1.29 is 0 Å². The standard InChI is InChI=1S/C7H8N4S/c1-11(2)6-5-7(9-3-8-6)12-4-10-5/h3-4H,1-2H3. The van der Waals surface area contributed by atoms with Gasteiger partial charge in [-0.05, 0) is 0 Å². The second-order valence-electron chi connectivity index (χ2n) is 2.60. The van der Waals surface area contributed by atoms with Crippen LogP contribution in [-0.2, 0) is 0 Å². The van der Waals surface area contributed by atoms with Crippen LogP contribution in [0.15, 0.2) is 11.8 Å². The molecule has 2 aromatic heterocycles. The van der Waals surface area contributed by atoms with Crippen LogP contribution >= 0.6 is 11.3 Å². The van der Waals surface area contributed by atoms with E-state index in [1.165, 1.54) is 11.3 Å². The van der Waals surface area contributed by atoms with E-state index in [2.05, 4.69) is 15.0 Å². The minimum Gasteiger partial charge on any atom is -0.361 e. The third kappa shape index (κ3) is 1.02. The van der Waals surface area contributed by atoms with Crippen LogP contribution in [0.1, 0.15) is 0 Å². The van der Waals surface area contributed by atoms with Crippen LogP contribution in [0.4, 0.5) is 5.82 Å². The van der Waals surface area contributed by atoms with Crippen molar-refractivity contribution in [3.05, 3.63) is 11.8 Å². The van der Waals surface area contributed by atoms with Crippen LogP contribution in [-0.4, -0.2) is 29.0 Å². The predicted octanol–water partition coefficient (Wildman–Crippen LogP) is 1.15. The lowest BCUT2D eigenvalue weighted by Crippen LogP contribution is -2.11. The summed E-state index contributed by atoms with van der Waals surface area (Å²) in [5.74, 6) is 0.876. The van der Waals surface area contributed by atoms with Gasteiger partial charge in [-0.15, -0.1) is 11.3 Å². The maximum absolute atomic E-state index is 4.19. The molecule has 0 saturated heterocycles. The van der Waals surface area contributed by atoms with Crippen molar-refractivity contribution in [1.29, 1.82) is 0 Å². The molecule has 0 atom stereocenters. The molecule has 2 aromatic rings. The zero-order valence-corrected chi connectivity index (χ0v) is 7.67. The van der Waals surface area contributed by atoms with Crippen molar-refractivity contribution in [3.8, 4) is 0 Å². The average Bonchev–Trinajstić information content (AvgIpc) is 2.49. The summed E-state index contributed by atoms with van der Waals surface area (Å²) in [5, 5.41) is 0. The molecule has 0 aliphatic heterocycles. The molecule has 0 aromatic carbocycles. The lowest BCUT2D eigenvalue weighted by Gasteiger charge is -2.09. The van der Waals surface area contributed by atoms with Crippen LogP contribution in [0.3, 0.4) is 0 Å². The number of anilines is 1. The summed E-state index contributed by atoms with van der Waals surface area (Å²) in [5.41, 5.74) is 2.67. The first-order valence-corrected chi connectivity index (χ1v) is 4.38. The van der Waals surface area contributed by atoms with E-state index in [1.54, 1.807) is 11.8 Å². The second-order valence-corrected chi connectivity index (χ2v) is 3.43. The monoisotopic (exact) mass is 180 g/mol. The van der Waals surface area contributed by atoms with Crippen LogP contribution in [0.5, 0.6) is 0 Å². The highest BCUT2D eigenvalue weighted by molar-refractivity contribution is 7.16. The van der Waals surface area contributed by atoms with Crippen LogP contribution in [0.2, 0.25) is 0 Å². The van der Waals surface area contributed by atoms with Gasteiger partial charge in [-0.1, -0.05) is 0 Å². The number of nitrogens with zero attached hydrogens (tertiary/aromatic N) is 4. The van der Waals surface area contributed by atoms with Crippen molar-refractivity contribution in [2.75, 3.05) is 19.0 Å². The van der Waals surface area contributed by atoms with Gasteiger partial charge >= 0.3 is 0 Å². The topological polar surface area (TPSA) is 41.9 Å². The van der Waals surface area contributed by atoms with E-state index in [4.69, 9.17) is 0 Å². The first-order valence-electron chi connectivity index (χ1n) is 3.50. The number of rotatable bonds is 1. The summed E-state index contributed by atoms with van der Waals surface area (Å²) in [6.07, 6.45) is 1.57. The van der Waals surface area contributed by atoms with Gasteiger partial charge in [0, 0.05) is 14.1 Å². The number of aromatic nitrogens is 3. The van der Waals surface area contributed by atoms with E-state index in [0.717, 1.165) is 16.2 Å². The summed E-state index contributed by atoms with van der Waals surface area (Å²) in [6, 6.07) is 0. The highest BCUT2D eigenvalue weighted by atomic mass is 32.1. The molecule has 0 aliphatic rings. The van der Waals surface area contributed by atoms with Crippen LogP contribution < -0.4 is 4.90 Å². The Kier molecular flexibility index (Phi) is 1.65. The summed E-state index contributed by atoms with van der Waals surface area (Å²) < 4.78 is 0. The predicted molar refractivity (Wildman–Crippen MR) is 49.5 cm³/mol. The second kappa shape index (κ2) is 2.67. The lowest BCUT2D eigenvalue weighted by atomic mass is 10.5.